The maximum Gasteiger partial charge on any atom is 0.269 e. The number of benzene rings is 3. The van der Waals surface area contributed by atoms with E-state index in [2.05, 4.69) is 34.0 Å². The van der Waals surface area contributed by atoms with Crippen LogP contribution in [0.25, 0.3) is 11.6 Å². The second kappa shape index (κ2) is 12.2. The molecule has 3 aromatic rings. The van der Waals surface area contributed by atoms with Crippen LogP contribution in [0.1, 0.15) is 29.2 Å². The predicted octanol–water partition coefficient (Wildman–Crippen LogP) is 6.30. The number of nitrogens with one attached hydrogen (secondary N) is 1. The number of nitrogens with zero attached hydrogens (tertiary/aromatic N) is 2. The molecule has 8 nitrogen and oxygen atoms in total. The van der Waals surface area contributed by atoms with Crippen LogP contribution in [0.5, 0.6) is 11.5 Å². The van der Waals surface area contributed by atoms with Gasteiger partial charge in [-0.15, -0.1) is 0 Å². The van der Waals surface area contributed by atoms with Gasteiger partial charge < -0.3 is 14.8 Å². The topological polar surface area (TPSA) is 114 Å². The van der Waals surface area contributed by atoms with Gasteiger partial charge in [0, 0.05) is 17.8 Å². The smallest absolute Gasteiger partial charge is 0.269 e. The van der Waals surface area contributed by atoms with E-state index in [0.717, 1.165) is 16.8 Å². The molecule has 0 saturated heterocycles. The molecule has 184 valence electrons. The van der Waals surface area contributed by atoms with Gasteiger partial charge in [-0.05, 0) is 96.5 Å². The largest absolute Gasteiger partial charge is 0.490 e. The highest BCUT2D eigenvalue weighted by molar-refractivity contribution is 14.1. The molecule has 0 bridgehead atoms. The van der Waals surface area contributed by atoms with Gasteiger partial charge in [-0.2, -0.15) is 5.26 Å². The summed E-state index contributed by atoms with van der Waals surface area (Å²) in [6, 6.07) is 17.2. The average molecular weight is 597 g/mol. The first-order valence-electron chi connectivity index (χ1n) is 11.0. The van der Waals surface area contributed by atoms with E-state index in [1.54, 1.807) is 12.1 Å². The molecule has 3 aromatic carbocycles. The summed E-state index contributed by atoms with van der Waals surface area (Å²) in [5.74, 6) is 0.573. The fourth-order valence-corrected chi connectivity index (χ4v) is 4.24. The van der Waals surface area contributed by atoms with Crippen molar-refractivity contribution < 1.29 is 19.2 Å². The number of rotatable bonds is 9. The minimum atomic E-state index is -0.489. The summed E-state index contributed by atoms with van der Waals surface area (Å²) < 4.78 is 12.3. The number of carbonyl (C=O) groups is 1. The van der Waals surface area contributed by atoms with E-state index in [-0.39, 0.29) is 18.2 Å². The lowest BCUT2D eigenvalue weighted by molar-refractivity contribution is -0.384. The fraction of sp³-hybridized carbons (Fsp3) is 0.185. The van der Waals surface area contributed by atoms with Gasteiger partial charge in [-0.1, -0.05) is 17.7 Å². The number of non-ortho nitro benzene ring substituents is 1. The van der Waals surface area contributed by atoms with Crippen molar-refractivity contribution in [2.24, 2.45) is 0 Å². The summed E-state index contributed by atoms with van der Waals surface area (Å²) in [6.45, 7) is 5.93. The molecule has 3 rings (SSSR count). The summed E-state index contributed by atoms with van der Waals surface area (Å²) in [5, 5.41) is 23.4. The normalized spacial score (nSPS) is 10.9. The van der Waals surface area contributed by atoms with E-state index in [1.807, 2.05) is 45.0 Å². The minimum absolute atomic E-state index is 0.0488. The van der Waals surface area contributed by atoms with Gasteiger partial charge in [0.2, 0.25) is 0 Å². The van der Waals surface area contributed by atoms with Crippen LogP contribution < -0.4 is 14.8 Å². The Bertz CT molecular complexity index is 1360. The second-order valence-corrected chi connectivity index (χ2v) is 9.05. The van der Waals surface area contributed by atoms with Crippen molar-refractivity contribution in [3.63, 3.8) is 0 Å². The van der Waals surface area contributed by atoms with Crippen LogP contribution in [0.2, 0.25) is 0 Å². The van der Waals surface area contributed by atoms with Crippen LogP contribution in [0, 0.1) is 38.9 Å². The van der Waals surface area contributed by atoms with Crippen molar-refractivity contribution in [2.75, 3.05) is 18.5 Å². The van der Waals surface area contributed by atoms with Crippen LogP contribution in [0.15, 0.2) is 54.6 Å². The van der Waals surface area contributed by atoms with E-state index in [1.165, 1.54) is 24.3 Å². The highest BCUT2D eigenvalue weighted by atomic mass is 127. The van der Waals surface area contributed by atoms with Crippen molar-refractivity contribution in [3.8, 4) is 17.6 Å². The third-order valence-corrected chi connectivity index (χ3v) is 5.96. The van der Waals surface area contributed by atoms with Gasteiger partial charge in [0.15, 0.2) is 18.1 Å². The van der Waals surface area contributed by atoms with Crippen molar-refractivity contribution in [2.45, 2.75) is 20.8 Å². The van der Waals surface area contributed by atoms with Gasteiger partial charge in [0.25, 0.3) is 11.6 Å². The number of nitro benzene ring substituents is 1. The number of hydrogen-bond donors (Lipinski definition) is 1. The molecular weight excluding hydrogens is 573 g/mol. The lowest BCUT2D eigenvalue weighted by Crippen LogP contribution is -2.21. The van der Waals surface area contributed by atoms with Crippen LogP contribution in [-0.2, 0) is 4.79 Å². The maximum absolute atomic E-state index is 12.5. The summed E-state index contributed by atoms with van der Waals surface area (Å²) in [7, 11) is 0. The number of allylic oxidation sites excluding steroid dienone is 1. The maximum atomic E-state index is 12.5. The van der Waals surface area contributed by atoms with Crippen LogP contribution in [-0.4, -0.2) is 24.0 Å². The lowest BCUT2D eigenvalue weighted by Gasteiger charge is -2.15. The lowest BCUT2D eigenvalue weighted by atomic mass is 10.0. The Morgan fingerprint density at radius 2 is 1.86 bits per heavy atom. The Labute approximate surface area is 222 Å². The van der Waals surface area contributed by atoms with Crippen molar-refractivity contribution in [3.05, 3.63) is 90.5 Å². The van der Waals surface area contributed by atoms with Gasteiger partial charge in [0.05, 0.1) is 26.7 Å². The van der Waals surface area contributed by atoms with E-state index in [9.17, 15) is 20.2 Å². The fourth-order valence-electron chi connectivity index (χ4n) is 3.46. The number of hydrogen-bond acceptors (Lipinski definition) is 6. The number of halogens is 1. The van der Waals surface area contributed by atoms with E-state index < -0.39 is 4.92 Å². The summed E-state index contributed by atoms with van der Waals surface area (Å²) in [4.78, 5) is 22.9. The van der Waals surface area contributed by atoms with E-state index in [0.29, 0.717) is 38.4 Å². The van der Waals surface area contributed by atoms with E-state index in [4.69, 9.17) is 9.47 Å². The van der Waals surface area contributed by atoms with Crippen LogP contribution in [0.3, 0.4) is 0 Å². The molecule has 1 N–H and O–H groups in total. The molecular formula is C27H24IN3O5. The van der Waals surface area contributed by atoms with Crippen LogP contribution >= 0.6 is 22.6 Å². The Morgan fingerprint density at radius 3 is 2.47 bits per heavy atom. The van der Waals surface area contributed by atoms with Gasteiger partial charge in [0.1, 0.15) is 0 Å². The number of ether oxygens (including phenoxy) is 2. The molecule has 9 heteroatoms. The van der Waals surface area contributed by atoms with Crippen molar-refractivity contribution in [1.29, 1.82) is 5.26 Å². The molecule has 0 saturated carbocycles. The zero-order valence-electron chi connectivity index (χ0n) is 20.0. The Kier molecular flexibility index (Phi) is 9.02. The summed E-state index contributed by atoms with van der Waals surface area (Å²) in [6.07, 6.45) is 1.67. The zero-order valence-corrected chi connectivity index (χ0v) is 22.2. The monoisotopic (exact) mass is 597 g/mol. The molecule has 0 fully saturated rings. The number of amides is 1. The first kappa shape index (κ1) is 26.7. The Hall–Kier alpha value is -3.91. The second-order valence-electron chi connectivity index (χ2n) is 7.89. The van der Waals surface area contributed by atoms with Crippen LogP contribution in [0.4, 0.5) is 11.4 Å². The van der Waals surface area contributed by atoms with Gasteiger partial charge in [-0.25, -0.2) is 0 Å². The number of anilines is 1. The molecule has 0 aromatic heterocycles. The molecule has 0 aliphatic carbocycles. The molecule has 0 spiro atoms. The highest BCUT2D eigenvalue weighted by Gasteiger charge is 2.15. The quantitative estimate of drug-likeness (QED) is 0.102. The molecule has 0 radical (unpaired) electrons. The third kappa shape index (κ3) is 6.82. The molecule has 0 unspecified atom stereocenters. The Morgan fingerprint density at radius 1 is 1.14 bits per heavy atom. The number of carbonyl (C=O) groups excluding carboxylic acids is 1. The standard InChI is InChI=1S/C27H24IN3O5/c1-4-35-25-14-19(12-21(15-29)20-6-8-22(9-7-20)31(33)34)13-23(28)27(25)36-16-26(32)30-24-10-5-17(2)11-18(24)3/h5-14H,4,16H2,1-3H3,(H,30,32)/b21-12+. The molecule has 1 amide bonds. The summed E-state index contributed by atoms with van der Waals surface area (Å²) in [5.41, 5.74) is 4.33. The number of nitriles is 1. The highest BCUT2D eigenvalue weighted by Crippen LogP contribution is 2.35. The molecule has 36 heavy (non-hydrogen) atoms. The SMILES string of the molecule is CCOc1cc(/C=C(\C#N)c2ccc([N+](=O)[O-])cc2)cc(I)c1OCC(=O)Nc1ccc(C)cc1C. The predicted molar refractivity (Wildman–Crippen MR) is 147 cm³/mol. The van der Waals surface area contributed by atoms with Crippen molar-refractivity contribution >= 4 is 51.5 Å². The first-order valence-corrected chi connectivity index (χ1v) is 12.1. The molecule has 0 heterocycles. The molecule has 0 atom stereocenters. The minimum Gasteiger partial charge on any atom is -0.490 e. The van der Waals surface area contributed by atoms with E-state index >= 15 is 0 Å². The third-order valence-electron chi connectivity index (χ3n) is 5.16. The average Bonchev–Trinajstić information content (AvgIpc) is 2.84. The zero-order chi connectivity index (χ0) is 26.2. The number of aryl methyl sites for hydroxylation is 2. The summed E-state index contributed by atoms with van der Waals surface area (Å²) >= 11 is 2.09. The van der Waals surface area contributed by atoms with Crippen molar-refractivity contribution in [1.82, 2.24) is 0 Å². The Balaban J connectivity index is 1.81. The molecule has 0 aliphatic rings. The molecule has 0 aliphatic heterocycles. The first-order chi connectivity index (χ1) is 17.2. The number of nitro groups is 1. The van der Waals surface area contributed by atoms with Gasteiger partial charge >= 0.3 is 0 Å². The van der Waals surface area contributed by atoms with Gasteiger partial charge in [-0.3, -0.25) is 14.9 Å².